The Morgan fingerprint density at radius 2 is 1.66 bits per heavy atom. The smallest absolute Gasteiger partial charge is 0.291 e. The molecule has 0 spiro atoms. The summed E-state index contributed by atoms with van der Waals surface area (Å²) in [6.07, 6.45) is 1.72. The van der Waals surface area contributed by atoms with Gasteiger partial charge in [-0.25, -0.2) is 4.68 Å². The van der Waals surface area contributed by atoms with Crippen LogP contribution in [0.1, 0.15) is 36.1 Å². The maximum absolute atomic E-state index is 13.6. The first-order valence-electron chi connectivity index (χ1n) is 11.2. The van der Waals surface area contributed by atoms with Crippen molar-refractivity contribution in [3.8, 4) is 0 Å². The molecule has 4 aromatic rings. The summed E-state index contributed by atoms with van der Waals surface area (Å²) in [5, 5.41) is 6.17. The van der Waals surface area contributed by atoms with Crippen molar-refractivity contribution < 1.29 is 4.79 Å². The number of amides is 1. The molecule has 0 bridgehead atoms. The molecule has 0 saturated heterocycles. The number of carbonyl (C=O) groups is 1. The molecule has 0 fully saturated rings. The maximum Gasteiger partial charge on any atom is 0.291 e. The highest BCUT2D eigenvalue weighted by atomic mass is 16.2. The summed E-state index contributed by atoms with van der Waals surface area (Å²) in [7, 11) is 0. The molecule has 6 nitrogen and oxygen atoms in total. The molecule has 0 aliphatic rings. The van der Waals surface area contributed by atoms with E-state index in [0.29, 0.717) is 25.2 Å². The van der Waals surface area contributed by atoms with Crippen molar-refractivity contribution in [3.63, 3.8) is 0 Å². The average Bonchev–Trinajstić information content (AvgIpc) is 3.08. The first kappa shape index (κ1) is 21.8. The van der Waals surface area contributed by atoms with Crippen LogP contribution in [0.4, 0.5) is 0 Å². The Labute approximate surface area is 188 Å². The quantitative estimate of drug-likeness (QED) is 0.461. The summed E-state index contributed by atoms with van der Waals surface area (Å²) in [5.74, 6) is -0.100. The highest BCUT2D eigenvalue weighted by Crippen LogP contribution is 2.28. The lowest BCUT2D eigenvalue weighted by molar-refractivity contribution is -0.131. The molecule has 32 heavy (non-hydrogen) atoms. The van der Waals surface area contributed by atoms with Gasteiger partial charge in [0.05, 0.1) is 6.20 Å². The zero-order chi connectivity index (χ0) is 23.0. The van der Waals surface area contributed by atoms with Gasteiger partial charge in [-0.05, 0) is 57.4 Å². The van der Waals surface area contributed by atoms with E-state index in [9.17, 15) is 9.59 Å². The molecular formula is C26H30N4O2. The summed E-state index contributed by atoms with van der Waals surface area (Å²) >= 11 is 0. The van der Waals surface area contributed by atoms with Crippen molar-refractivity contribution in [2.24, 2.45) is 0 Å². The number of rotatable bonds is 6. The maximum atomic E-state index is 13.6. The van der Waals surface area contributed by atoms with Crippen molar-refractivity contribution in [2.45, 2.75) is 47.7 Å². The van der Waals surface area contributed by atoms with Gasteiger partial charge in [0.2, 0.25) is 5.91 Å². The van der Waals surface area contributed by atoms with Crippen LogP contribution in [0.2, 0.25) is 0 Å². The topological polar surface area (TPSA) is 60.1 Å². The Morgan fingerprint density at radius 1 is 1.00 bits per heavy atom. The van der Waals surface area contributed by atoms with E-state index in [1.54, 1.807) is 11.1 Å². The van der Waals surface area contributed by atoms with Gasteiger partial charge in [-0.15, -0.1) is 0 Å². The van der Waals surface area contributed by atoms with Gasteiger partial charge in [0.25, 0.3) is 5.56 Å². The predicted octanol–water partition coefficient (Wildman–Crippen LogP) is 4.19. The van der Waals surface area contributed by atoms with Crippen LogP contribution in [-0.4, -0.2) is 38.2 Å². The first-order chi connectivity index (χ1) is 15.3. The lowest BCUT2D eigenvalue weighted by Crippen LogP contribution is -2.37. The van der Waals surface area contributed by atoms with Gasteiger partial charge in [-0.1, -0.05) is 35.9 Å². The molecule has 2 heterocycles. The van der Waals surface area contributed by atoms with Crippen LogP contribution in [0.3, 0.4) is 0 Å². The van der Waals surface area contributed by atoms with Gasteiger partial charge >= 0.3 is 0 Å². The summed E-state index contributed by atoms with van der Waals surface area (Å²) < 4.78 is 3.38. The summed E-state index contributed by atoms with van der Waals surface area (Å²) in [6, 6.07) is 12.4. The Morgan fingerprint density at radius 3 is 2.31 bits per heavy atom. The van der Waals surface area contributed by atoms with E-state index in [2.05, 4.69) is 42.6 Å². The third-order valence-corrected chi connectivity index (χ3v) is 6.33. The number of hydrogen-bond acceptors (Lipinski definition) is 3. The zero-order valence-electron chi connectivity index (χ0n) is 19.5. The molecule has 2 aromatic heterocycles. The zero-order valence-corrected chi connectivity index (χ0v) is 19.5. The molecular weight excluding hydrogens is 400 g/mol. The van der Waals surface area contributed by atoms with Gasteiger partial charge in [0, 0.05) is 35.9 Å². The Bertz CT molecular complexity index is 1350. The number of benzene rings is 2. The third-order valence-electron chi connectivity index (χ3n) is 6.33. The number of carbonyl (C=O) groups excluding carboxylic acids is 1. The Kier molecular flexibility index (Phi) is 5.87. The number of aryl methyl sites for hydroxylation is 3. The van der Waals surface area contributed by atoms with Gasteiger partial charge in [0.15, 0.2) is 0 Å². The van der Waals surface area contributed by atoms with Crippen molar-refractivity contribution in [1.82, 2.24) is 19.2 Å². The van der Waals surface area contributed by atoms with Crippen LogP contribution in [-0.2, 0) is 17.9 Å². The predicted molar refractivity (Wildman–Crippen MR) is 129 cm³/mol. The molecule has 0 radical (unpaired) electrons. The second kappa shape index (κ2) is 8.61. The first-order valence-corrected chi connectivity index (χ1v) is 11.2. The fourth-order valence-electron chi connectivity index (χ4n) is 4.69. The number of hydrogen-bond donors (Lipinski definition) is 0. The highest BCUT2D eigenvalue weighted by Gasteiger charge is 2.19. The van der Waals surface area contributed by atoms with Gasteiger partial charge in [-0.2, -0.15) is 5.10 Å². The van der Waals surface area contributed by atoms with Crippen LogP contribution in [0, 0.1) is 20.8 Å². The molecule has 0 N–H and O–H groups in total. The Hall–Kier alpha value is -3.41. The molecule has 166 valence electrons. The van der Waals surface area contributed by atoms with E-state index in [-0.39, 0.29) is 18.0 Å². The molecule has 6 heteroatoms. The van der Waals surface area contributed by atoms with E-state index < -0.39 is 0 Å². The summed E-state index contributed by atoms with van der Waals surface area (Å²) in [4.78, 5) is 27.9. The minimum absolute atomic E-state index is 0.0550. The molecule has 0 atom stereocenters. The average molecular weight is 431 g/mol. The monoisotopic (exact) mass is 430 g/mol. The number of likely N-dealkylation sites (N-methyl/N-ethyl adjacent to an activating group) is 1. The second-order valence-electron chi connectivity index (χ2n) is 8.42. The normalized spacial score (nSPS) is 11.4. The molecule has 1 amide bonds. The van der Waals surface area contributed by atoms with Crippen molar-refractivity contribution >= 4 is 27.7 Å². The number of para-hydroxylation sites is 1. The Balaban J connectivity index is 1.91. The molecule has 0 aliphatic carbocycles. The van der Waals surface area contributed by atoms with Gasteiger partial charge < -0.3 is 9.47 Å². The molecule has 0 saturated carbocycles. The number of nitrogens with zero attached hydrogens (tertiary/aromatic N) is 4. The third kappa shape index (κ3) is 3.70. The SMILES string of the molecule is CCN(CC)C(=O)Cn1ncc2c3ccccc3n(Cc3c(C)cc(C)cc3C)c2c1=O. The van der Waals surface area contributed by atoms with E-state index in [1.807, 2.05) is 38.1 Å². The van der Waals surface area contributed by atoms with Crippen LogP contribution in [0.5, 0.6) is 0 Å². The largest absolute Gasteiger partial charge is 0.342 e. The molecule has 0 unspecified atom stereocenters. The number of aromatic nitrogens is 3. The minimum atomic E-state index is -0.235. The van der Waals surface area contributed by atoms with Gasteiger partial charge in [-0.3, -0.25) is 9.59 Å². The fraction of sp³-hybridized carbons (Fsp3) is 0.346. The molecule has 4 rings (SSSR count). The fourth-order valence-corrected chi connectivity index (χ4v) is 4.69. The van der Waals surface area contributed by atoms with E-state index >= 15 is 0 Å². The molecule has 0 aliphatic heterocycles. The summed E-state index contributed by atoms with van der Waals surface area (Å²) in [6.45, 7) is 12.0. The summed E-state index contributed by atoms with van der Waals surface area (Å²) in [5.41, 5.74) is 6.20. The second-order valence-corrected chi connectivity index (χ2v) is 8.42. The van der Waals surface area contributed by atoms with E-state index in [0.717, 1.165) is 16.3 Å². The van der Waals surface area contributed by atoms with Crippen LogP contribution < -0.4 is 5.56 Å². The van der Waals surface area contributed by atoms with Crippen molar-refractivity contribution in [3.05, 3.63) is 75.2 Å². The van der Waals surface area contributed by atoms with E-state index in [1.165, 1.54) is 26.9 Å². The van der Waals surface area contributed by atoms with E-state index in [4.69, 9.17) is 0 Å². The van der Waals surface area contributed by atoms with Crippen molar-refractivity contribution in [2.75, 3.05) is 13.1 Å². The lowest BCUT2D eigenvalue weighted by atomic mass is 10.00. The number of fused-ring (bicyclic) bond motifs is 3. The standard InChI is InChI=1S/C26H30N4O2/c1-6-28(7-2)24(31)16-30-26(32)25-21(14-27-30)20-10-8-9-11-23(20)29(25)15-22-18(4)12-17(3)13-19(22)5/h8-14H,6-7,15-16H2,1-5H3. The highest BCUT2D eigenvalue weighted by molar-refractivity contribution is 6.07. The minimum Gasteiger partial charge on any atom is -0.342 e. The van der Waals surface area contributed by atoms with Crippen LogP contribution in [0.15, 0.2) is 47.4 Å². The lowest BCUT2D eigenvalue weighted by Gasteiger charge is -2.18. The molecule has 2 aromatic carbocycles. The van der Waals surface area contributed by atoms with Crippen LogP contribution in [0.25, 0.3) is 21.8 Å². The van der Waals surface area contributed by atoms with Crippen LogP contribution >= 0.6 is 0 Å². The van der Waals surface area contributed by atoms with Gasteiger partial charge in [0.1, 0.15) is 12.1 Å². The van der Waals surface area contributed by atoms with Crippen molar-refractivity contribution in [1.29, 1.82) is 0 Å².